The van der Waals surface area contributed by atoms with Crippen molar-refractivity contribution in [3.8, 4) is 0 Å². The van der Waals surface area contributed by atoms with E-state index < -0.39 is 11.7 Å². The molecular weight excluding hydrogens is 273 g/mol. The maximum Gasteiger partial charge on any atom is 0.416 e. The fraction of sp³-hybridized carbons (Fsp3) is 0.333. The van der Waals surface area contributed by atoms with Gasteiger partial charge in [-0.15, -0.1) is 0 Å². The van der Waals surface area contributed by atoms with Gasteiger partial charge in [0.1, 0.15) is 6.54 Å². The van der Waals surface area contributed by atoms with Crippen LogP contribution in [0.4, 0.5) is 19.1 Å². The SMILES string of the molecule is CCNC(=O)Cn1c(N)nc2cc(C(F)(F)F)ccc21. The average Bonchev–Trinajstić information content (AvgIpc) is 2.64. The first-order chi connectivity index (χ1) is 9.32. The first kappa shape index (κ1) is 14.2. The highest BCUT2D eigenvalue weighted by Gasteiger charge is 2.31. The number of amides is 1. The van der Waals surface area contributed by atoms with Gasteiger partial charge in [0.25, 0.3) is 0 Å². The molecule has 108 valence electrons. The van der Waals surface area contributed by atoms with Gasteiger partial charge in [0.05, 0.1) is 16.6 Å². The van der Waals surface area contributed by atoms with E-state index in [9.17, 15) is 18.0 Å². The highest BCUT2D eigenvalue weighted by molar-refractivity contribution is 5.83. The summed E-state index contributed by atoms with van der Waals surface area (Å²) < 4.78 is 39.2. The van der Waals surface area contributed by atoms with Crippen molar-refractivity contribution < 1.29 is 18.0 Å². The third kappa shape index (κ3) is 2.68. The van der Waals surface area contributed by atoms with Crippen LogP contribution in [0.25, 0.3) is 11.0 Å². The van der Waals surface area contributed by atoms with Crippen molar-refractivity contribution in [2.75, 3.05) is 12.3 Å². The molecule has 0 fully saturated rings. The number of nitrogens with zero attached hydrogens (tertiary/aromatic N) is 2. The molecule has 1 aromatic heterocycles. The summed E-state index contributed by atoms with van der Waals surface area (Å²) in [6.07, 6.45) is -4.44. The minimum Gasteiger partial charge on any atom is -0.369 e. The minimum atomic E-state index is -4.44. The molecule has 0 aliphatic heterocycles. The molecule has 0 aliphatic carbocycles. The summed E-state index contributed by atoms with van der Waals surface area (Å²) in [5.74, 6) is -0.274. The number of alkyl halides is 3. The number of nitrogens with one attached hydrogen (secondary N) is 1. The summed E-state index contributed by atoms with van der Waals surface area (Å²) in [6.45, 7) is 2.15. The molecule has 1 amide bonds. The van der Waals surface area contributed by atoms with Gasteiger partial charge in [0, 0.05) is 6.54 Å². The van der Waals surface area contributed by atoms with Crippen molar-refractivity contribution in [3.63, 3.8) is 0 Å². The number of nitrogens with two attached hydrogens (primary N) is 1. The second kappa shape index (κ2) is 5.03. The molecule has 0 atom stereocenters. The predicted octanol–water partition coefficient (Wildman–Crippen LogP) is 1.77. The van der Waals surface area contributed by atoms with Gasteiger partial charge in [-0.3, -0.25) is 4.79 Å². The Bertz CT molecular complexity index is 648. The molecule has 3 N–H and O–H groups in total. The number of hydrogen-bond acceptors (Lipinski definition) is 3. The number of benzene rings is 1. The van der Waals surface area contributed by atoms with Gasteiger partial charge in [-0.2, -0.15) is 13.2 Å². The molecule has 8 heteroatoms. The molecule has 5 nitrogen and oxygen atoms in total. The van der Waals surface area contributed by atoms with E-state index in [1.165, 1.54) is 10.6 Å². The van der Waals surface area contributed by atoms with E-state index in [0.29, 0.717) is 12.1 Å². The monoisotopic (exact) mass is 286 g/mol. The number of rotatable bonds is 3. The Morgan fingerprint density at radius 2 is 2.15 bits per heavy atom. The first-order valence-corrected chi connectivity index (χ1v) is 5.92. The second-order valence-corrected chi connectivity index (χ2v) is 4.21. The maximum absolute atomic E-state index is 12.6. The summed E-state index contributed by atoms with van der Waals surface area (Å²) in [5, 5.41) is 2.59. The number of carbonyl (C=O) groups excluding carboxylic acids is 1. The van der Waals surface area contributed by atoms with Crippen LogP contribution in [0.3, 0.4) is 0 Å². The van der Waals surface area contributed by atoms with Gasteiger partial charge < -0.3 is 15.6 Å². The van der Waals surface area contributed by atoms with Crippen molar-refractivity contribution >= 4 is 22.9 Å². The minimum absolute atomic E-state index is 0.00516. The summed E-state index contributed by atoms with van der Waals surface area (Å²) in [4.78, 5) is 15.4. The fourth-order valence-electron chi connectivity index (χ4n) is 1.89. The molecule has 0 spiro atoms. The number of carbonyl (C=O) groups is 1. The summed E-state index contributed by atoms with van der Waals surface area (Å²) in [7, 11) is 0. The molecule has 0 aliphatic rings. The molecule has 2 aromatic rings. The number of hydrogen-bond donors (Lipinski definition) is 2. The lowest BCUT2D eigenvalue weighted by atomic mass is 10.2. The summed E-state index contributed by atoms with van der Waals surface area (Å²) in [5.41, 5.74) is 5.35. The first-order valence-electron chi connectivity index (χ1n) is 5.92. The van der Waals surface area contributed by atoms with E-state index >= 15 is 0 Å². The van der Waals surface area contributed by atoms with Crippen LogP contribution in [-0.4, -0.2) is 22.0 Å². The van der Waals surface area contributed by atoms with Crippen LogP contribution in [0.1, 0.15) is 12.5 Å². The number of likely N-dealkylation sites (N-methyl/N-ethyl adjacent to an activating group) is 1. The van der Waals surface area contributed by atoms with Gasteiger partial charge in [-0.1, -0.05) is 0 Å². The topological polar surface area (TPSA) is 72.9 Å². The van der Waals surface area contributed by atoms with Gasteiger partial charge in [0.2, 0.25) is 11.9 Å². The Labute approximate surface area is 112 Å². The Morgan fingerprint density at radius 3 is 2.75 bits per heavy atom. The van der Waals surface area contributed by atoms with Crippen molar-refractivity contribution in [2.24, 2.45) is 0 Å². The van der Waals surface area contributed by atoms with E-state index in [2.05, 4.69) is 10.3 Å². The van der Waals surface area contributed by atoms with Crippen molar-refractivity contribution in [1.29, 1.82) is 0 Å². The number of fused-ring (bicyclic) bond motifs is 1. The lowest BCUT2D eigenvalue weighted by molar-refractivity contribution is -0.137. The molecule has 0 radical (unpaired) electrons. The van der Waals surface area contributed by atoms with Crippen LogP contribution in [0.2, 0.25) is 0 Å². The molecule has 0 saturated carbocycles. The number of aromatic nitrogens is 2. The molecule has 1 aromatic carbocycles. The lowest BCUT2D eigenvalue weighted by Gasteiger charge is -2.08. The molecule has 0 unspecified atom stereocenters. The van der Waals surface area contributed by atoms with Crippen molar-refractivity contribution in [2.45, 2.75) is 19.6 Å². The Morgan fingerprint density at radius 1 is 1.45 bits per heavy atom. The van der Waals surface area contributed by atoms with Crippen LogP contribution in [0.5, 0.6) is 0 Å². The van der Waals surface area contributed by atoms with Gasteiger partial charge in [-0.25, -0.2) is 4.98 Å². The Balaban J connectivity index is 2.42. The van der Waals surface area contributed by atoms with Crippen LogP contribution in [0, 0.1) is 0 Å². The zero-order chi connectivity index (χ0) is 14.9. The van der Waals surface area contributed by atoms with E-state index in [-0.39, 0.29) is 23.9 Å². The molecule has 0 bridgehead atoms. The van der Waals surface area contributed by atoms with Crippen LogP contribution in [0.15, 0.2) is 18.2 Å². The highest BCUT2D eigenvalue weighted by Crippen LogP contribution is 2.31. The predicted molar refractivity (Wildman–Crippen MR) is 67.8 cm³/mol. The number of anilines is 1. The zero-order valence-corrected chi connectivity index (χ0v) is 10.7. The quantitative estimate of drug-likeness (QED) is 0.903. The van der Waals surface area contributed by atoms with Crippen LogP contribution in [-0.2, 0) is 17.5 Å². The molecule has 0 saturated heterocycles. The Kier molecular flexibility index (Phi) is 3.56. The summed E-state index contributed by atoms with van der Waals surface area (Å²) >= 11 is 0. The van der Waals surface area contributed by atoms with Gasteiger partial charge >= 0.3 is 6.18 Å². The third-order valence-electron chi connectivity index (χ3n) is 2.78. The fourth-order valence-corrected chi connectivity index (χ4v) is 1.89. The third-order valence-corrected chi connectivity index (χ3v) is 2.78. The van der Waals surface area contributed by atoms with Gasteiger partial charge in [-0.05, 0) is 25.1 Å². The van der Waals surface area contributed by atoms with Gasteiger partial charge in [0.15, 0.2) is 0 Å². The summed E-state index contributed by atoms with van der Waals surface area (Å²) in [6, 6.07) is 3.12. The van der Waals surface area contributed by atoms with Crippen molar-refractivity contribution in [3.05, 3.63) is 23.8 Å². The smallest absolute Gasteiger partial charge is 0.369 e. The zero-order valence-electron chi connectivity index (χ0n) is 10.7. The number of halogens is 3. The van der Waals surface area contributed by atoms with Crippen molar-refractivity contribution in [1.82, 2.24) is 14.9 Å². The molecule has 2 rings (SSSR count). The average molecular weight is 286 g/mol. The number of imidazole rings is 1. The maximum atomic E-state index is 12.6. The van der Waals surface area contributed by atoms with E-state index in [1.54, 1.807) is 6.92 Å². The lowest BCUT2D eigenvalue weighted by Crippen LogP contribution is -2.27. The van der Waals surface area contributed by atoms with Crippen LogP contribution < -0.4 is 11.1 Å². The molecule has 20 heavy (non-hydrogen) atoms. The number of nitrogen functional groups attached to an aromatic ring is 1. The second-order valence-electron chi connectivity index (χ2n) is 4.21. The van der Waals surface area contributed by atoms with E-state index in [1.807, 2.05) is 0 Å². The molecule has 1 heterocycles. The standard InChI is InChI=1S/C12H13F3N4O/c1-2-17-10(20)6-19-9-4-3-7(12(13,14)15)5-8(9)18-11(19)16/h3-5H,2,6H2,1H3,(H2,16,18)(H,17,20). The largest absolute Gasteiger partial charge is 0.416 e. The van der Waals surface area contributed by atoms with E-state index in [4.69, 9.17) is 5.73 Å². The van der Waals surface area contributed by atoms with E-state index in [0.717, 1.165) is 12.1 Å². The van der Waals surface area contributed by atoms with Crippen LogP contribution >= 0.6 is 0 Å². The Hall–Kier alpha value is -2.25. The molecular formula is C12H13F3N4O. The normalized spacial score (nSPS) is 11.8. The highest BCUT2D eigenvalue weighted by atomic mass is 19.4.